The molecule has 3 aromatic carbocycles. The van der Waals surface area contributed by atoms with Crippen molar-refractivity contribution in [1.29, 1.82) is 0 Å². The number of anilines is 1. The number of nitrogens with zero attached hydrogens (tertiary/aromatic N) is 2. The number of hydrogen-bond donors (Lipinski definition) is 1. The van der Waals surface area contributed by atoms with Gasteiger partial charge in [0.15, 0.2) is 0 Å². The third-order valence-corrected chi connectivity index (χ3v) is 10.7. The monoisotopic (exact) mass is 651 g/mol. The van der Waals surface area contributed by atoms with Gasteiger partial charge >= 0.3 is 0 Å². The van der Waals surface area contributed by atoms with Gasteiger partial charge < -0.3 is 15.0 Å². The van der Waals surface area contributed by atoms with Gasteiger partial charge in [0.25, 0.3) is 10.0 Å². The van der Waals surface area contributed by atoms with Gasteiger partial charge in [-0.05, 0) is 80.8 Å². The molecule has 4 rings (SSSR count). The minimum Gasteiger partial charge on any atom is -0.492 e. The van der Waals surface area contributed by atoms with Gasteiger partial charge in [0.1, 0.15) is 18.3 Å². The van der Waals surface area contributed by atoms with Crippen LogP contribution in [0.2, 0.25) is 0 Å². The first-order valence-corrected chi connectivity index (χ1v) is 18.5. The van der Waals surface area contributed by atoms with E-state index in [2.05, 4.69) is 5.32 Å². The second kappa shape index (κ2) is 16.7. The van der Waals surface area contributed by atoms with E-state index in [4.69, 9.17) is 4.74 Å². The van der Waals surface area contributed by atoms with Gasteiger partial charge in [-0.25, -0.2) is 8.42 Å². The summed E-state index contributed by atoms with van der Waals surface area (Å²) in [7, 11) is -4.19. The van der Waals surface area contributed by atoms with Crippen molar-refractivity contribution in [2.75, 3.05) is 30.3 Å². The number of carbonyl (C=O) groups excluding carboxylic acids is 2. The van der Waals surface area contributed by atoms with E-state index in [1.54, 1.807) is 53.4 Å². The van der Waals surface area contributed by atoms with Crippen molar-refractivity contribution in [2.24, 2.45) is 0 Å². The number of carbonyl (C=O) groups is 2. The highest BCUT2D eigenvalue weighted by atomic mass is 32.2. The molecule has 0 aliphatic heterocycles. The van der Waals surface area contributed by atoms with Crippen molar-refractivity contribution in [3.63, 3.8) is 0 Å². The second-order valence-corrected chi connectivity index (χ2v) is 13.9. The molecule has 45 heavy (non-hydrogen) atoms. The molecule has 0 aromatic heterocycles. The van der Waals surface area contributed by atoms with Crippen molar-refractivity contribution in [1.82, 2.24) is 10.2 Å². The van der Waals surface area contributed by atoms with Crippen LogP contribution in [-0.4, -0.2) is 63.2 Å². The van der Waals surface area contributed by atoms with Crippen LogP contribution in [0.5, 0.6) is 5.75 Å². The fourth-order valence-electron chi connectivity index (χ4n) is 5.77. The van der Waals surface area contributed by atoms with Gasteiger partial charge in [0.05, 0.1) is 17.2 Å². The Bertz CT molecular complexity index is 1490. The maximum absolute atomic E-state index is 14.4. The number of rotatable bonds is 15. The number of hydrogen-bond acceptors (Lipinski definition) is 6. The first kappa shape index (κ1) is 34.4. The van der Waals surface area contributed by atoms with E-state index in [-0.39, 0.29) is 29.1 Å². The Balaban J connectivity index is 1.71. The van der Waals surface area contributed by atoms with Crippen molar-refractivity contribution < 1.29 is 22.7 Å². The Labute approximate surface area is 272 Å². The molecule has 0 spiro atoms. The normalized spacial score (nSPS) is 14.4. The van der Waals surface area contributed by atoms with Crippen LogP contribution in [0.4, 0.5) is 5.69 Å². The molecule has 10 heteroatoms. The number of sulfonamides is 1. The molecular formula is C35H45N3O5S2. The smallest absolute Gasteiger partial charge is 0.264 e. The molecule has 1 saturated carbocycles. The summed E-state index contributed by atoms with van der Waals surface area (Å²) in [6.07, 6.45) is 8.01. The molecule has 242 valence electrons. The van der Waals surface area contributed by atoms with Gasteiger partial charge in [-0.15, -0.1) is 11.8 Å². The Morgan fingerprint density at radius 1 is 0.933 bits per heavy atom. The zero-order valence-electron chi connectivity index (χ0n) is 26.5. The largest absolute Gasteiger partial charge is 0.492 e. The quantitative estimate of drug-likeness (QED) is 0.194. The number of thioether (sulfide) groups is 1. The summed E-state index contributed by atoms with van der Waals surface area (Å²) >= 11 is 1.51. The highest BCUT2D eigenvalue weighted by molar-refractivity contribution is 7.98. The number of para-hydroxylation sites is 2. The lowest BCUT2D eigenvalue weighted by Gasteiger charge is -2.34. The summed E-state index contributed by atoms with van der Waals surface area (Å²) in [5.74, 6) is -0.287. The molecule has 0 heterocycles. The molecule has 0 unspecified atom stereocenters. The first-order valence-electron chi connectivity index (χ1n) is 15.8. The summed E-state index contributed by atoms with van der Waals surface area (Å²) in [4.78, 5) is 30.7. The first-order chi connectivity index (χ1) is 21.8. The van der Waals surface area contributed by atoms with E-state index in [9.17, 15) is 18.0 Å². The molecule has 1 atom stereocenters. The zero-order valence-corrected chi connectivity index (χ0v) is 28.1. The Morgan fingerprint density at radius 2 is 1.60 bits per heavy atom. The molecule has 1 N–H and O–H groups in total. The summed E-state index contributed by atoms with van der Waals surface area (Å²) in [5, 5.41) is 3.19. The fourth-order valence-corrected chi connectivity index (χ4v) is 7.60. The number of amides is 2. The van der Waals surface area contributed by atoms with E-state index in [0.29, 0.717) is 25.2 Å². The Kier molecular flexibility index (Phi) is 12.8. The molecule has 3 aromatic rings. The molecule has 0 saturated heterocycles. The molecule has 1 fully saturated rings. The van der Waals surface area contributed by atoms with Crippen molar-refractivity contribution >= 4 is 39.3 Å². The number of benzene rings is 3. The molecule has 0 radical (unpaired) electrons. The average Bonchev–Trinajstić information content (AvgIpc) is 3.06. The molecule has 0 bridgehead atoms. The SMILES string of the molecule is CCOc1ccccc1N(CC(=O)N(CCc1ccccc1)[C@H](CC)C(=O)NC1CCCCC1)S(=O)(=O)c1ccc(SC)cc1. The van der Waals surface area contributed by atoms with E-state index in [1.165, 1.54) is 18.2 Å². The molecule has 8 nitrogen and oxygen atoms in total. The van der Waals surface area contributed by atoms with Gasteiger partial charge in [-0.3, -0.25) is 13.9 Å². The van der Waals surface area contributed by atoms with Crippen LogP contribution in [-0.2, 0) is 26.0 Å². The minimum absolute atomic E-state index is 0.0670. The van der Waals surface area contributed by atoms with Crippen LogP contribution in [0.25, 0.3) is 0 Å². The topological polar surface area (TPSA) is 96.0 Å². The average molecular weight is 652 g/mol. The minimum atomic E-state index is -4.19. The van der Waals surface area contributed by atoms with Crippen molar-refractivity contribution in [3.8, 4) is 5.75 Å². The highest BCUT2D eigenvalue weighted by Crippen LogP contribution is 2.33. The van der Waals surface area contributed by atoms with Gasteiger partial charge in [-0.2, -0.15) is 0 Å². The predicted octanol–water partition coefficient (Wildman–Crippen LogP) is 6.30. The molecule has 1 aliphatic rings. The molecular weight excluding hydrogens is 607 g/mol. The van der Waals surface area contributed by atoms with Crippen molar-refractivity contribution in [2.45, 2.75) is 80.7 Å². The van der Waals surface area contributed by atoms with Gasteiger partial charge in [-0.1, -0.05) is 68.7 Å². The predicted molar refractivity (Wildman–Crippen MR) is 181 cm³/mol. The van der Waals surface area contributed by atoms with Crippen LogP contribution in [0.3, 0.4) is 0 Å². The van der Waals surface area contributed by atoms with Gasteiger partial charge in [0.2, 0.25) is 11.8 Å². The summed E-state index contributed by atoms with van der Waals surface area (Å²) in [5.41, 5.74) is 1.29. The van der Waals surface area contributed by atoms with Crippen LogP contribution in [0.1, 0.15) is 57.9 Å². The van der Waals surface area contributed by atoms with Crippen LogP contribution in [0.15, 0.2) is 88.7 Å². The Hall–Kier alpha value is -3.50. The van der Waals surface area contributed by atoms with Crippen LogP contribution in [0, 0.1) is 0 Å². The maximum atomic E-state index is 14.4. The maximum Gasteiger partial charge on any atom is 0.264 e. The van der Waals surface area contributed by atoms with E-state index >= 15 is 0 Å². The summed E-state index contributed by atoms with van der Waals surface area (Å²) < 4.78 is 35.5. The molecule has 1 aliphatic carbocycles. The third kappa shape index (κ3) is 9.04. The fraction of sp³-hybridized carbons (Fsp3) is 0.429. The van der Waals surface area contributed by atoms with E-state index in [0.717, 1.165) is 40.4 Å². The van der Waals surface area contributed by atoms with Crippen LogP contribution < -0.4 is 14.4 Å². The highest BCUT2D eigenvalue weighted by Gasteiger charge is 2.35. The lowest BCUT2D eigenvalue weighted by atomic mass is 9.95. The number of nitrogens with one attached hydrogen (secondary N) is 1. The zero-order chi connectivity index (χ0) is 32.2. The van der Waals surface area contributed by atoms with Crippen LogP contribution >= 0.6 is 11.8 Å². The lowest BCUT2D eigenvalue weighted by Crippen LogP contribution is -2.54. The summed E-state index contributed by atoms with van der Waals surface area (Å²) in [6, 6.07) is 22.6. The lowest BCUT2D eigenvalue weighted by molar-refractivity contribution is -0.140. The standard InChI is InChI=1S/C35H45N3O5S2/c1-4-31(35(40)36-28-16-10-7-11-17-28)37(25-24-27-14-8-6-9-15-27)34(39)26-38(32-18-12-13-19-33(32)43-5-2)45(41,42)30-22-20-29(44-3)21-23-30/h6,8-9,12-15,18-23,28,31H,4-5,7,10-11,16-17,24-26H2,1-3H3,(H,36,40)/t31-/m1/s1. The Morgan fingerprint density at radius 3 is 2.24 bits per heavy atom. The summed E-state index contributed by atoms with van der Waals surface area (Å²) in [6.45, 7) is 3.81. The second-order valence-electron chi connectivity index (χ2n) is 11.2. The third-order valence-electron chi connectivity index (χ3n) is 8.18. The van der Waals surface area contributed by atoms with Gasteiger partial charge in [0, 0.05) is 17.5 Å². The molecule has 2 amide bonds. The van der Waals surface area contributed by atoms with E-state index in [1.807, 2.05) is 50.4 Å². The number of ether oxygens (including phenoxy) is 1. The van der Waals surface area contributed by atoms with Crippen molar-refractivity contribution in [3.05, 3.63) is 84.4 Å². The van der Waals surface area contributed by atoms with E-state index < -0.39 is 28.5 Å².